The SMILES string of the molecule is CC(NC(=O)OC(C)(C)C)N(C)C(Cl)=N/C(=C/S)N(Cc1ccco1)C(=O)OC(C)(C)C. The van der Waals surface area contributed by atoms with E-state index >= 15 is 0 Å². The van der Waals surface area contributed by atoms with Gasteiger partial charge in [0.2, 0.25) is 5.29 Å². The number of alkyl carbamates (subject to hydrolysis) is 1. The van der Waals surface area contributed by atoms with Crippen LogP contribution in [0, 0.1) is 0 Å². The van der Waals surface area contributed by atoms with E-state index in [1.54, 1.807) is 67.6 Å². The Morgan fingerprint density at radius 2 is 1.84 bits per heavy atom. The first-order valence-electron chi connectivity index (χ1n) is 9.97. The number of thiol groups is 1. The number of ether oxygens (including phenoxy) is 2. The molecule has 180 valence electrons. The Morgan fingerprint density at radius 3 is 2.31 bits per heavy atom. The molecule has 0 bridgehead atoms. The molecule has 0 spiro atoms. The zero-order chi connectivity index (χ0) is 24.7. The van der Waals surface area contributed by atoms with Crippen LogP contribution >= 0.6 is 24.2 Å². The molecule has 0 aromatic carbocycles. The maximum Gasteiger partial charge on any atom is 0.416 e. The highest BCUT2D eigenvalue weighted by Gasteiger charge is 2.27. The van der Waals surface area contributed by atoms with E-state index < -0.39 is 29.6 Å². The molecule has 1 aromatic heterocycles. The maximum atomic E-state index is 12.8. The van der Waals surface area contributed by atoms with Crippen molar-refractivity contribution in [3.05, 3.63) is 35.4 Å². The van der Waals surface area contributed by atoms with Crippen LogP contribution in [0.3, 0.4) is 0 Å². The molecule has 11 heteroatoms. The largest absolute Gasteiger partial charge is 0.467 e. The summed E-state index contributed by atoms with van der Waals surface area (Å²) in [5, 5.41) is 4.00. The van der Waals surface area contributed by atoms with Crippen LogP contribution in [0.4, 0.5) is 9.59 Å². The molecule has 32 heavy (non-hydrogen) atoms. The lowest BCUT2D eigenvalue weighted by atomic mass is 10.2. The van der Waals surface area contributed by atoms with E-state index in [0.29, 0.717) is 5.76 Å². The Morgan fingerprint density at radius 1 is 1.25 bits per heavy atom. The molecule has 2 amide bonds. The fourth-order valence-corrected chi connectivity index (χ4v) is 2.61. The Kier molecular flexibility index (Phi) is 9.96. The molecular weight excluding hydrogens is 456 g/mol. The van der Waals surface area contributed by atoms with Gasteiger partial charge in [-0.3, -0.25) is 4.90 Å². The fourth-order valence-electron chi connectivity index (χ4n) is 2.18. The predicted octanol–water partition coefficient (Wildman–Crippen LogP) is 5.14. The van der Waals surface area contributed by atoms with Gasteiger partial charge in [0.05, 0.1) is 12.8 Å². The number of aliphatic imine (C=N–C) groups is 1. The zero-order valence-electron chi connectivity index (χ0n) is 19.8. The number of carbonyl (C=O) groups is 2. The third-order valence-electron chi connectivity index (χ3n) is 3.70. The minimum atomic E-state index is -0.726. The van der Waals surface area contributed by atoms with E-state index in [4.69, 9.17) is 25.5 Å². The first kappa shape index (κ1) is 27.7. The predicted molar refractivity (Wildman–Crippen MR) is 127 cm³/mol. The molecular formula is C21H33ClN4O5S. The average molecular weight is 489 g/mol. The van der Waals surface area contributed by atoms with Crippen molar-refractivity contribution in [2.45, 2.75) is 72.4 Å². The minimum Gasteiger partial charge on any atom is -0.467 e. The van der Waals surface area contributed by atoms with Crippen molar-refractivity contribution < 1.29 is 23.5 Å². The van der Waals surface area contributed by atoms with Gasteiger partial charge >= 0.3 is 12.2 Å². The highest BCUT2D eigenvalue weighted by atomic mass is 35.5. The lowest BCUT2D eigenvalue weighted by molar-refractivity contribution is 0.0288. The second-order valence-electron chi connectivity index (χ2n) is 8.95. The minimum absolute atomic E-state index is 0.00172. The number of carbonyl (C=O) groups excluding carboxylic acids is 2. The number of furan rings is 1. The topological polar surface area (TPSA) is 96.6 Å². The number of hydrogen-bond donors (Lipinski definition) is 2. The molecule has 0 aliphatic carbocycles. The zero-order valence-corrected chi connectivity index (χ0v) is 21.5. The highest BCUT2D eigenvalue weighted by Crippen LogP contribution is 2.20. The van der Waals surface area contributed by atoms with Crippen molar-refractivity contribution in [1.82, 2.24) is 15.1 Å². The smallest absolute Gasteiger partial charge is 0.416 e. The van der Waals surface area contributed by atoms with Gasteiger partial charge in [0, 0.05) is 12.5 Å². The number of amidine groups is 1. The number of nitrogens with one attached hydrogen (secondary N) is 1. The summed E-state index contributed by atoms with van der Waals surface area (Å²) in [7, 11) is 1.63. The van der Waals surface area contributed by atoms with Gasteiger partial charge in [0.25, 0.3) is 0 Å². The summed E-state index contributed by atoms with van der Waals surface area (Å²) >= 11 is 10.6. The van der Waals surface area contributed by atoms with Crippen LogP contribution in [-0.2, 0) is 16.0 Å². The van der Waals surface area contributed by atoms with Crippen molar-refractivity contribution in [2.24, 2.45) is 4.99 Å². The molecule has 1 aromatic rings. The van der Waals surface area contributed by atoms with Crippen LogP contribution < -0.4 is 5.32 Å². The molecule has 0 aliphatic rings. The summed E-state index contributed by atoms with van der Waals surface area (Å²) in [5.74, 6) is 0.642. The van der Waals surface area contributed by atoms with Gasteiger partial charge in [-0.15, -0.1) is 12.6 Å². The van der Waals surface area contributed by atoms with Gasteiger partial charge in [-0.25, -0.2) is 14.6 Å². The summed E-state index contributed by atoms with van der Waals surface area (Å²) in [4.78, 5) is 31.9. The number of halogens is 1. The van der Waals surface area contributed by atoms with Crippen LogP contribution in [-0.4, -0.2) is 51.7 Å². The number of rotatable bonds is 6. The molecule has 1 heterocycles. The molecule has 0 saturated heterocycles. The first-order chi connectivity index (χ1) is 14.6. The van der Waals surface area contributed by atoms with Gasteiger partial charge in [0.15, 0.2) is 0 Å². The van der Waals surface area contributed by atoms with Crippen molar-refractivity contribution in [3.8, 4) is 0 Å². The lowest BCUT2D eigenvalue weighted by Gasteiger charge is -2.29. The van der Waals surface area contributed by atoms with Crippen molar-refractivity contribution in [3.63, 3.8) is 0 Å². The number of nitrogens with zero attached hydrogens (tertiary/aromatic N) is 3. The van der Waals surface area contributed by atoms with Crippen molar-refractivity contribution in [1.29, 1.82) is 0 Å². The molecule has 0 radical (unpaired) electrons. The van der Waals surface area contributed by atoms with Crippen molar-refractivity contribution >= 4 is 41.7 Å². The summed E-state index contributed by atoms with van der Waals surface area (Å²) in [6.07, 6.45) is -0.299. The first-order valence-corrected chi connectivity index (χ1v) is 10.9. The number of hydrogen-bond acceptors (Lipinski definition) is 7. The van der Waals surface area contributed by atoms with Crippen molar-refractivity contribution in [2.75, 3.05) is 7.05 Å². The molecule has 0 fully saturated rings. The molecule has 1 atom stereocenters. The quantitative estimate of drug-likeness (QED) is 0.189. The standard InChI is InChI=1S/C21H33ClN4O5S/c1-14(23-18(27)30-20(2,3)4)25(8)17(22)24-16(13-32)26(12-15-10-9-11-29-15)19(28)31-21(5,6)7/h9-11,13-14,32H,12H2,1-8H3,(H,23,27)/b16-13-,24-17?. The molecule has 9 nitrogen and oxygen atoms in total. The Bertz CT molecular complexity index is 828. The summed E-state index contributed by atoms with van der Waals surface area (Å²) in [5.41, 5.74) is -1.36. The van der Waals surface area contributed by atoms with E-state index in [1.165, 1.54) is 21.5 Å². The monoisotopic (exact) mass is 488 g/mol. The van der Waals surface area contributed by atoms with Gasteiger partial charge in [-0.1, -0.05) is 0 Å². The number of amides is 2. The van der Waals surface area contributed by atoms with E-state index in [1.807, 2.05) is 0 Å². The highest BCUT2D eigenvalue weighted by molar-refractivity contribution is 7.83. The normalized spacial score (nSPS) is 13.9. The average Bonchev–Trinajstić information content (AvgIpc) is 3.13. The van der Waals surface area contributed by atoms with Gasteiger partial charge in [0.1, 0.15) is 28.9 Å². The van der Waals surface area contributed by atoms with Crippen LogP contribution in [0.15, 0.2) is 39.0 Å². The summed E-state index contributed by atoms with van der Waals surface area (Å²) in [6.45, 7) is 12.3. The van der Waals surface area contributed by atoms with Crippen LogP contribution in [0.25, 0.3) is 0 Å². The fraction of sp³-hybridized carbons (Fsp3) is 0.571. The Labute approximate surface area is 200 Å². The van der Waals surface area contributed by atoms with Gasteiger partial charge in [-0.05, 0) is 72.2 Å². The molecule has 1 N–H and O–H groups in total. The van der Waals surface area contributed by atoms with Gasteiger partial charge < -0.3 is 24.1 Å². The Hall–Kier alpha value is -2.33. The van der Waals surface area contributed by atoms with Crippen LogP contribution in [0.2, 0.25) is 0 Å². The second kappa shape index (κ2) is 11.5. The lowest BCUT2D eigenvalue weighted by Crippen LogP contribution is -2.47. The molecule has 0 saturated carbocycles. The van der Waals surface area contributed by atoms with E-state index in [2.05, 4.69) is 22.9 Å². The van der Waals surface area contributed by atoms with E-state index in [-0.39, 0.29) is 17.7 Å². The van der Waals surface area contributed by atoms with Crippen LogP contribution in [0.5, 0.6) is 0 Å². The third-order valence-corrected chi connectivity index (χ3v) is 4.29. The molecule has 0 aliphatic heterocycles. The van der Waals surface area contributed by atoms with E-state index in [9.17, 15) is 9.59 Å². The van der Waals surface area contributed by atoms with E-state index in [0.717, 1.165) is 0 Å². The Balaban J connectivity index is 3.06. The third kappa shape index (κ3) is 9.86. The van der Waals surface area contributed by atoms with Gasteiger partial charge in [-0.2, -0.15) is 0 Å². The molecule has 1 unspecified atom stereocenters. The summed E-state index contributed by atoms with van der Waals surface area (Å²) in [6, 6.07) is 3.43. The summed E-state index contributed by atoms with van der Waals surface area (Å²) < 4.78 is 16.1. The maximum absolute atomic E-state index is 12.8. The van der Waals surface area contributed by atoms with Crippen LogP contribution in [0.1, 0.15) is 54.2 Å². The second-order valence-corrected chi connectivity index (χ2v) is 9.54. The molecule has 1 rings (SSSR count).